The van der Waals surface area contributed by atoms with E-state index in [1.54, 1.807) is 18.6 Å². The molecule has 3 N–H and O–H groups in total. The van der Waals surface area contributed by atoms with Gasteiger partial charge in [-0.3, -0.25) is 15.0 Å². The first-order valence-corrected chi connectivity index (χ1v) is 12.2. The van der Waals surface area contributed by atoms with E-state index in [4.69, 9.17) is 5.73 Å². The number of aromatic nitrogens is 3. The maximum Gasteiger partial charge on any atom is 0.0966 e. The fourth-order valence-electron chi connectivity index (χ4n) is 3.94. The summed E-state index contributed by atoms with van der Waals surface area (Å²) in [7, 11) is 0. The Hall–Kier alpha value is -3.51. The summed E-state index contributed by atoms with van der Waals surface area (Å²) in [5, 5.41) is 3.59. The van der Waals surface area contributed by atoms with Crippen LogP contribution in [0.4, 0.5) is 11.4 Å². The summed E-state index contributed by atoms with van der Waals surface area (Å²) in [6.07, 6.45) is 7.16. The number of hydrogen-bond donors (Lipinski definition) is 2. The van der Waals surface area contributed by atoms with Crippen LogP contribution >= 0.6 is 0 Å². The molecular formula is C28H36N6. The first-order valence-electron chi connectivity index (χ1n) is 12.2. The van der Waals surface area contributed by atoms with Crippen molar-refractivity contribution in [2.75, 3.05) is 23.3 Å². The minimum absolute atomic E-state index is 0.120. The molecular weight excluding hydrogens is 420 g/mol. The Morgan fingerprint density at radius 2 is 1.71 bits per heavy atom. The van der Waals surface area contributed by atoms with Gasteiger partial charge in [0.05, 0.1) is 17.1 Å². The van der Waals surface area contributed by atoms with Crippen molar-refractivity contribution in [2.24, 2.45) is 5.73 Å². The number of fused-ring (bicyclic) bond motifs is 1. The Kier molecular flexibility index (Phi) is 8.93. The summed E-state index contributed by atoms with van der Waals surface area (Å²) >= 11 is 0. The van der Waals surface area contributed by atoms with Gasteiger partial charge < -0.3 is 16.0 Å². The van der Waals surface area contributed by atoms with Crippen molar-refractivity contribution in [3.05, 3.63) is 78.9 Å². The molecule has 0 bridgehead atoms. The highest BCUT2D eigenvalue weighted by molar-refractivity contribution is 5.95. The molecule has 1 fully saturated rings. The number of nitrogens with two attached hydrogens (primary N) is 1. The summed E-state index contributed by atoms with van der Waals surface area (Å²) in [4.78, 5) is 15.7. The normalized spacial score (nSPS) is 13.6. The molecule has 0 radical (unpaired) electrons. The Morgan fingerprint density at radius 1 is 0.941 bits per heavy atom. The molecule has 1 aliphatic rings. The van der Waals surface area contributed by atoms with Gasteiger partial charge in [-0.15, -0.1) is 0 Å². The topological polar surface area (TPSA) is 80.0 Å². The van der Waals surface area contributed by atoms with E-state index in [9.17, 15) is 0 Å². The number of hydrogen-bond acceptors (Lipinski definition) is 6. The highest BCUT2D eigenvalue weighted by Crippen LogP contribution is 2.34. The van der Waals surface area contributed by atoms with E-state index in [1.165, 1.54) is 5.69 Å². The van der Waals surface area contributed by atoms with E-state index in [1.807, 2.05) is 40.0 Å². The van der Waals surface area contributed by atoms with Crippen LogP contribution in [0.2, 0.25) is 0 Å². The molecule has 0 aliphatic carbocycles. The number of rotatable bonds is 5. The summed E-state index contributed by atoms with van der Waals surface area (Å²) in [5.41, 5.74) is 13.2. The molecule has 4 aromatic rings. The summed E-state index contributed by atoms with van der Waals surface area (Å²) < 4.78 is 0. The van der Waals surface area contributed by atoms with Crippen molar-refractivity contribution >= 4 is 22.4 Å². The fourth-order valence-corrected chi connectivity index (χ4v) is 3.94. The van der Waals surface area contributed by atoms with Gasteiger partial charge in [-0.2, -0.15) is 0 Å². The molecule has 5 rings (SSSR count). The maximum absolute atomic E-state index is 5.97. The second-order valence-electron chi connectivity index (χ2n) is 7.82. The molecule has 0 spiro atoms. The number of pyridine rings is 1. The van der Waals surface area contributed by atoms with Gasteiger partial charge in [0.15, 0.2) is 0 Å². The average molecular weight is 457 g/mol. The molecule has 2 aromatic carbocycles. The fraction of sp³-hybridized carbons (Fsp3) is 0.321. The third-order valence-electron chi connectivity index (χ3n) is 5.57. The monoisotopic (exact) mass is 456 g/mol. The van der Waals surface area contributed by atoms with Crippen LogP contribution in [0.3, 0.4) is 0 Å². The van der Waals surface area contributed by atoms with E-state index in [2.05, 4.69) is 74.6 Å². The first kappa shape index (κ1) is 25.1. The van der Waals surface area contributed by atoms with Crippen LogP contribution in [0.5, 0.6) is 0 Å². The molecule has 1 aliphatic heterocycles. The van der Waals surface area contributed by atoms with Crippen molar-refractivity contribution in [1.29, 1.82) is 0 Å². The lowest BCUT2D eigenvalue weighted by Crippen LogP contribution is -2.55. The van der Waals surface area contributed by atoms with Crippen LogP contribution in [-0.2, 0) is 0 Å². The van der Waals surface area contributed by atoms with Crippen molar-refractivity contribution in [3.8, 4) is 11.1 Å². The van der Waals surface area contributed by atoms with Gasteiger partial charge in [0.25, 0.3) is 0 Å². The second-order valence-corrected chi connectivity index (χ2v) is 7.82. The molecule has 1 saturated heterocycles. The van der Waals surface area contributed by atoms with E-state index in [0.717, 1.165) is 46.5 Å². The second kappa shape index (κ2) is 12.1. The van der Waals surface area contributed by atoms with Crippen molar-refractivity contribution in [1.82, 2.24) is 15.0 Å². The molecule has 34 heavy (non-hydrogen) atoms. The van der Waals surface area contributed by atoms with Crippen LogP contribution in [0.25, 0.3) is 22.2 Å². The zero-order valence-electron chi connectivity index (χ0n) is 20.9. The lowest BCUT2D eigenvalue weighted by molar-refractivity contribution is 0.519. The highest BCUT2D eigenvalue weighted by Gasteiger charge is 2.23. The van der Waals surface area contributed by atoms with Crippen LogP contribution in [-0.4, -0.2) is 34.1 Å². The third-order valence-corrected chi connectivity index (χ3v) is 5.57. The van der Waals surface area contributed by atoms with Gasteiger partial charge in [-0.25, -0.2) is 0 Å². The van der Waals surface area contributed by atoms with Crippen molar-refractivity contribution in [3.63, 3.8) is 0 Å². The van der Waals surface area contributed by atoms with Crippen LogP contribution < -0.4 is 16.0 Å². The number of benzene rings is 2. The van der Waals surface area contributed by atoms with E-state index < -0.39 is 0 Å². The van der Waals surface area contributed by atoms with Crippen LogP contribution in [0.15, 0.2) is 73.3 Å². The lowest BCUT2D eigenvalue weighted by atomic mass is 10.00. The van der Waals surface area contributed by atoms with Gasteiger partial charge in [-0.05, 0) is 48.4 Å². The minimum atomic E-state index is 0.120. The standard InChI is InChI=1S/C24H24N6.2C2H6/c1-16(18-5-3-7-26-13-18)29-20-11-22(24-23(12-20)27-8-9-28-24)17-4-2-6-21(10-17)30-14-19(25)15-30;2*1-2/h2-13,16,19,29H,14-15,25H2,1H3;2*1-2H3. The molecule has 3 heterocycles. The molecule has 2 aromatic heterocycles. The zero-order valence-corrected chi connectivity index (χ0v) is 20.9. The molecule has 6 heteroatoms. The summed E-state index contributed by atoms with van der Waals surface area (Å²) in [6.45, 7) is 11.9. The van der Waals surface area contributed by atoms with Gasteiger partial charge in [-0.1, -0.05) is 45.9 Å². The molecule has 178 valence electrons. The Morgan fingerprint density at radius 3 is 2.41 bits per heavy atom. The lowest BCUT2D eigenvalue weighted by Gasteiger charge is -2.39. The molecule has 1 unspecified atom stereocenters. The third kappa shape index (κ3) is 5.69. The largest absolute Gasteiger partial charge is 0.378 e. The minimum Gasteiger partial charge on any atom is -0.378 e. The van der Waals surface area contributed by atoms with E-state index in [-0.39, 0.29) is 12.1 Å². The van der Waals surface area contributed by atoms with Crippen LogP contribution in [0, 0.1) is 0 Å². The predicted molar refractivity (Wildman–Crippen MR) is 144 cm³/mol. The van der Waals surface area contributed by atoms with Gasteiger partial charge >= 0.3 is 0 Å². The van der Waals surface area contributed by atoms with Gasteiger partial charge in [0.1, 0.15) is 0 Å². The average Bonchev–Trinajstić information content (AvgIpc) is 2.89. The number of anilines is 2. The molecule has 6 nitrogen and oxygen atoms in total. The summed E-state index contributed by atoms with van der Waals surface area (Å²) in [6, 6.07) is 17.2. The Balaban J connectivity index is 0.000000771. The van der Waals surface area contributed by atoms with Crippen molar-refractivity contribution < 1.29 is 0 Å². The SMILES string of the molecule is CC.CC.CC(Nc1cc(-c2cccc(N3CC(N)C3)c2)c2nccnc2c1)c1cccnc1. The number of nitrogens with zero attached hydrogens (tertiary/aromatic N) is 4. The summed E-state index contributed by atoms with van der Waals surface area (Å²) in [5.74, 6) is 0. The predicted octanol–water partition coefficient (Wildman–Crippen LogP) is 6.06. The molecule has 0 saturated carbocycles. The maximum atomic E-state index is 5.97. The Bertz CT molecular complexity index is 1170. The first-order chi connectivity index (χ1) is 16.7. The smallest absolute Gasteiger partial charge is 0.0966 e. The molecule has 1 atom stereocenters. The van der Waals surface area contributed by atoms with Gasteiger partial charge in [0, 0.05) is 60.9 Å². The van der Waals surface area contributed by atoms with Crippen molar-refractivity contribution in [2.45, 2.75) is 46.7 Å². The zero-order chi connectivity index (χ0) is 24.5. The Labute approximate surface area is 203 Å². The van der Waals surface area contributed by atoms with E-state index >= 15 is 0 Å². The quantitative estimate of drug-likeness (QED) is 0.380. The van der Waals surface area contributed by atoms with E-state index in [0.29, 0.717) is 0 Å². The number of nitrogens with one attached hydrogen (secondary N) is 1. The van der Waals surface area contributed by atoms with Crippen LogP contribution in [0.1, 0.15) is 46.2 Å². The molecule has 0 amide bonds. The highest BCUT2D eigenvalue weighted by atomic mass is 15.2. The van der Waals surface area contributed by atoms with Gasteiger partial charge in [0.2, 0.25) is 0 Å².